The quantitative estimate of drug-likeness (QED) is 0.0172. The number of rotatable bonds is 20. The molecule has 0 amide bonds. The fourth-order valence-electron chi connectivity index (χ4n) is 22.1. The molecule has 3 aromatic heterocycles. The molecule has 0 spiro atoms. The summed E-state index contributed by atoms with van der Waals surface area (Å²) in [6, 6.07) is 1.15. The zero-order valence-electron chi connectivity index (χ0n) is 56.6. The molecule has 8 saturated carbocycles. The number of aliphatic hydroxyl groups excluding tert-OH is 6. The number of alkyl halides is 1. The van der Waals surface area contributed by atoms with Gasteiger partial charge >= 0.3 is 24.4 Å². The fourth-order valence-corrected chi connectivity index (χ4v) is 25.3. The summed E-state index contributed by atoms with van der Waals surface area (Å²) < 4.78 is 52.7. The number of imidazole rings is 1. The fraction of sp³-hybridized carbons (Fsp3) is 0.841. The van der Waals surface area contributed by atoms with Crippen molar-refractivity contribution in [1.82, 2.24) is 29.1 Å². The number of carbonyl (C=O) groups is 2. The summed E-state index contributed by atoms with van der Waals surface area (Å²) in [4.78, 5) is 64.2. The van der Waals surface area contributed by atoms with E-state index in [1.807, 2.05) is 0 Å². The van der Waals surface area contributed by atoms with Crippen LogP contribution in [0.5, 0.6) is 0 Å². The minimum absolute atomic E-state index is 0.0227. The lowest BCUT2D eigenvalue weighted by molar-refractivity contribution is -0.175. The first-order chi connectivity index (χ1) is 45.7. The first-order valence-corrected chi connectivity index (χ1v) is 40.4. The Morgan fingerprint density at radius 2 is 1.29 bits per heavy atom. The summed E-state index contributed by atoms with van der Waals surface area (Å²) in [5.74, 6) is 4.92. The molecule has 9 N–H and O–H groups in total. The minimum atomic E-state index is -4.32. The lowest BCUT2D eigenvalue weighted by atomic mass is 9.43. The van der Waals surface area contributed by atoms with Gasteiger partial charge in [0.25, 0.3) is 5.56 Å². The monoisotopic (exact) mass is 1490 g/mol. The SMILES string of the molecule is CC(CCC(=O)OCI)C1CCC2C3CCC4CC(O)CCC4(C)C3CC(O)C12C.CC(CCC(=O)OCSP(=O)(OC[C@H]1O[C@@H](n2cnc3c(N)ncnc32)CC1O)OC1C[C@H](n2ccc(=O)[nH]c2=O)O[C@@H]1CO)C1CCC2C3CCC4CC(O)CCC4(C)C3CC(O)C12C. The molecule has 536 valence electrons. The Hall–Kier alpha value is -3.12. The number of carbonyl (C=O) groups excluding carboxylic acids is 2. The number of nitrogens with zero attached hydrogens (tertiary/aromatic N) is 5. The maximum absolute atomic E-state index is 14.7. The van der Waals surface area contributed by atoms with Gasteiger partial charge in [-0.15, -0.1) is 0 Å². The third-order valence-corrected chi connectivity index (χ3v) is 31.0. The summed E-state index contributed by atoms with van der Waals surface area (Å²) in [6.07, 6.45) is 15.9. The average Bonchev–Trinajstić information content (AvgIpc) is 1.36. The number of ether oxygens (including phenoxy) is 4. The van der Waals surface area contributed by atoms with Crippen LogP contribution in [0.2, 0.25) is 0 Å². The second kappa shape index (κ2) is 29.3. The summed E-state index contributed by atoms with van der Waals surface area (Å²) in [7, 11) is 0. The second-order valence-corrected chi connectivity index (χ2v) is 36.3. The van der Waals surface area contributed by atoms with E-state index in [2.05, 4.69) is 84.1 Å². The summed E-state index contributed by atoms with van der Waals surface area (Å²) in [6.45, 7) is 8.69. The Kier molecular flexibility index (Phi) is 22.2. The van der Waals surface area contributed by atoms with Gasteiger partial charge < -0.3 is 55.3 Å². The van der Waals surface area contributed by atoms with Crippen LogP contribution in [0.3, 0.4) is 0 Å². The molecule has 24 nitrogen and oxygen atoms in total. The van der Waals surface area contributed by atoms with Gasteiger partial charge in [0.2, 0.25) is 0 Å². The molecule has 10 fully saturated rings. The molecule has 13 rings (SSSR count). The molecule has 5 heterocycles. The molecule has 10 aliphatic rings. The van der Waals surface area contributed by atoms with Crippen molar-refractivity contribution < 1.29 is 72.8 Å². The van der Waals surface area contributed by atoms with Crippen molar-refractivity contribution in [2.24, 2.45) is 92.7 Å². The second-order valence-electron chi connectivity index (χ2n) is 31.7. The maximum atomic E-state index is 14.7. The van der Waals surface area contributed by atoms with Crippen LogP contribution >= 0.6 is 40.8 Å². The molecule has 0 radical (unpaired) electrons. The molecule has 0 bridgehead atoms. The largest absolute Gasteiger partial charge is 0.455 e. The third-order valence-electron chi connectivity index (χ3n) is 27.3. The molecule has 27 heteroatoms. The molecule has 27 atom stereocenters. The van der Waals surface area contributed by atoms with Crippen molar-refractivity contribution in [1.29, 1.82) is 0 Å². The molecular formula is C69H105IN7O17PS. The highest BCUT2D eigenvalue weighted by atomic mass is 127. The Bertz CT molecular complexity index is 3410. The van der Waals surface area contributed by atoms with Crippen LogP contribution in [0.25, 0.3) is 11.2 Å². The van der Waals surface area contributed by atoms with Crippen LogP contribution in [0.4, 0.5) is 5.82 Å². The van der Waals surface area contributed by atoms with Gasteiger partial charge in [-0.2, -0.15) is 0 Å². The number of anilines is 1. The van der Waals surface area contributed by atoms with E-state index in [0.717, 1.165) is 100 Å². The minimum Gasteiger partial charge on any atom is -0.455 e. The molecule has 8 aliphatic carbocycles. The molecule has 0 aromatic carbocycles. The average molecular weight is 1490 g/mol. The van der Waals surface area contributed by atoms with Gasteiger partial charge in [-0.1, -0.05) is 41.5 Å². The highest BCUT2D eigenvalue weighted by Gasteiger charge is 2.66. The number of aromatic nitrogens is 6. The summed E-state index contributed by atoms with van der Waals surface area (Å²) in [5, 5.41) is 65.6. The predicted octanol–water partition coefficient (Wildman–Crippen LogP) is 9.37. The van der Waals surface area contributed by atoms with E-state index in [9.17, 15) is 54.4 Å². The van der Waals surface area contributed by atoms with Gasteiger partial charge in [0.1, 0.15) is 53.2 Å². The molecule has 2 saturated heterocycles. The van der Waals surface area contributed by atoms with E-state index in [-0.39, 0.29) is 82.9 Å². The summed E-state index contributed by atoms with van der Waals surface area (Å²) in [5.41, 5.74) is 5.53. The number of hydrogen-bond acceptors (Lipinski definition) is 22. The number of H-pyrrole nitrogens is 1. The number of nitrogen functional groups attached to an aromatic ring is 1. The standard InChI is InChI=1S/C44H64N7O13PS.C25H41IO4/c1-23(27-7-8-28-26-6-5-24-14-25(53)10-12-43(24,2)29(26)15-34(55)44(27,28)3)4-9-38(57)60-22-66-65(59,64-31-17-37(62-32(31)18-52)50-13-11-35(56)49-42(50)58)61-19-33-30(54)16-36(63-33)51-21-48-39-40(45)46-20-47-41(39)51;1-15(4-9-23(29)30-14-26)19-7-8-20-18-6-5-16-12-17(27)10-11-24(16,2)21(18)13-22(28)25(19,20)3/h11,13,20-21,23-34,36-37,52-55H,4-10,12,14-19,22H2,1-3H3,(H2,45,46,47)(H,49,56,58);15-22,27-28H,4-14H2,1-3H3/t23?,24?,25?,26?,27?,28?,29?,30?,31?,32-,33-,34?,36-,37-,43?,44?,65?;/m1./s1. The number of esters is 2. The van der Waals surface area contributed by atoms with Gasteiger partial charge in [0, 0.05) is 49.3 Å². The lowest BCUT2D eigenvalue weighted by Gasteiger charge is -2.62. The number of nitrogens with one attached hydrogen (secondary N) is 1. The topological polar surface area (TPSA) is 352 Å². The number of fused-ring (bicyclic) bond motifs is 11. The first kappa shape index (κ1) is 72.7. The van der Waals surface area contributed by atoms with E-state index in [0.29, 0.717) is 93.3 Å². The van der Waals surface area contributed by atoms with Crippen LogP contribution in [0.1, 0.15) is 195 Å². The van der Waals surface area contributed by atoms with E-state index in [1.165, 1.54) is 44.5 Å². The van der Waals surface area contributed by atoms with Crippen molar-refractivity contribution in [3.8, 4) is 0 Å². The molecule has 2 aliphatic heterocycles. The Morgan fingerprint density at radius 1 is 0.729 bits per heavy atom. The van der Waals surface area contributed by atoms with Gasteiger partial charge in [-0.25, -0.2) is 24.3 Å². The highest BCUT2D eigenvalue weighted by molar-refractivity contribution is 14.1. The van der Waals surface area contributed by atoms with Gasteiger partial charge in [-0.3, -0.25) is 37.5 Å². The van der Waals surface area contributed by atoms with Crippen LogP contribution < -0.4 is 17.0 Å². The van der Waals surface area contributed by atoms with Gasteiger partial charge in [-0.05, 0) is 231 Å². The normalized spacial score (nSPS) is 42.1. The Balaban J connectivity index is 0.000000244. The van der Waals surface area contributed by atoms with Crippen molar-refractivity contribution in [3.63, 3.8) is 0 Å². The number of halogens is 1. The summed E-state index contributed by atoms with van der Waals surface area (Å²) >= 11 is 2.69. The zero-order valence-corrected chi connectivity index (χ0v) is 60.5. The zero-order chi connectivity index (χ0) is 68.4. The van der Waals surface area contributed by atoms with Crippen LogP contribution in [-0.4, -0.2) is 144 Å². The Labute approximate surface area is 580 Å². The van der Waals surface area contributed by atoms with E-state index in [1.54, 1.807) is 4.57 Å². The first-order valence-electron chi connectivity index (χ1n) is 35.7. The number of aromatic amines is 1. The molecule has 23 unspecified atom stereocenters. The molecule has 96 heavy (non-hydrogen) atoms. The van der Waals surface area contributed by atoms with Crippen molar-refractivity contribution in [3.05, 3.63) is 45.8 Å². The van der Waals surface area contributed by atoms with Crippen molar-refractivity contribution >= 4 is 69.7 Å². The van der Waals surface area contributed by atoms with Gasteiger partial charge in [0.05, 0.1) is 50.1 Å². The van der Waals surface area contributed by atoms with Crippen molar-refractivity contribution in [2.45, 2.75) is 244 Å². The maximum Gasteiger partial charge on any atom is 0.392 e. The number of aliphatic hydroxyl groups is 6. The van der Waals surface area contributed by atoms with E-state index < -0.39 is 86.1 Å². The van der Waals surface area contributed by atoms with Gasteiger partial charge in [0.15, 0.2) is 11.5 Å². The smallest absolute Gasteiger partial charge is 0.392 e. The predicted molar refractivity (Wildman–Crippen MR) is 365 cm³/mol. The van der Waals surface area contributed by atoms with Crippen LogP contribution in [0.15, 0.2) is 34.5 Å². The highest BCUT2D eigenvalue weighted by Crippen LogP contribution is 2.71. The van der Waals surface area contributed by atoms with Crippen molar-refractivity contribution in [2.75, 3.05) is 29.5 Å². The van der Waals surface area contributed by atoms with E-state index in [4.69, 9.17) is 33.7 Å². The number of hydrogen-bond donors (Lipinski definition) is 8. The van der Waals surface area contributed by atoms with Crippen LogP contribution in [0, 0.1) is 92.7 Å². The molecular weight excluding hydrogens is 1390 g/mol. The lowest BCUT2D eigenvalue weighted by Crippen LogP contribution is -2.58. The van der Waals surface area contributed by atoms with Crippen LogP contribution in [-0.2, 0) is 42.1 Å². The number of nitrogens with two attached hydrogens (primary N) is 1. The Morgan fingerprint density at radius 3 is 1.85 bits per heavy atom. The third kappa shape index (κ3) is 13.9. The molecule has 3 aromatic rings. The van der Waals surface area contributed by atoms with E-state index >= 15 is 0 Å².